The van der Waals surface area contributed by atoms with Crippen LogP contribution in [0.1, 0.15) is 18.1 Å². The van der Waals surface area contributed by atoms with Crippen LogP contribution in [-0.4, -0.2) is 19.1 Å². The highest BCUT2D eigenvalue weighted by atomic mass is 19.4. The van der Waals surface area contributed by atoms with E-state index in [9.17, 15) is 13.2 Å². The first-order valence-electron chi connectivity index (χ1n) is 5.95. The average molecular weight is 269 g/mol. The number of anilines is 1. The van der Waals surface area contributed by atoms with Crippen molar-refractivity contribution in [3.8, 4) is 6.07 Å². The van der Waals surface area contributed by atoms with E-state index in [-0.39, 0.29) is 17.5 Å². The molecule has 102 valence electrons. The molecule has 0 aromatic heterocycles. The molecule has 3 nitrogen and oxygen atoms in total. The number of hydrogen-bond acceptors (Lipinski definition) is 3. The molecule has 1 aromatic rings. The van der Waals surface area contributed by atoms with Gasteiger partial charge in [-0.2, -0.15) is 18.4 Å². The van der Waals surface area contributed by atoms with Crippen LogP contribution in [0.2, 0.25) is 0 Å². The molecule has 1 saturated heterocycles. The maximum atomic E-state index is 12.9. The lowest BCUT2D eigenvalue weighted by Crippen LogP contribution is -2.28. The van der Waals surface area contributed by atoms with Crippen molar-refractivity contribution < 1.29 is 13.2 Å². The van der Waals surface area contributed by atoms with E-state index >= 15 is 0 Å². The Bertz CT molecular complexity index is 509. The zero-order valence-corrected chi connectivity index (χ0v) is 10.4. The summed E-state index contributed by atoms with van der Waals surface area (Å²) in [6, 6.07) is 5.32. The Kier molecular flexibility index (Phi) is 3.42. The van der Waals surface area contributed by atoms with Crippen molar-refractivity contribution in [2.24, 2.45) is 11.7 Å². The first-order valence-corrected chi connectivity index (χ1v) is 5.95. The molecule has 0 amide bonds. The van der Waals surface area contributed by atoms with Gasteiger partial charge in [-0.15, -0.1) is 0 Å². The summed E-state index contributed by atoms with van der Waals surface area (Å²) >= 11 is 0. The van der Waals surface area contributed by atoms with Crippen molar-refractivity contribution in [2.45, 2.75) is 19.1 Å². The van der Waals surface area contributed by atoms with E-state index in [1.165, 1.54) is 6.07 Å². The number of nitriles is 1. The first kappa shape index (κ1) is 13.7. The van der Waals surface area contributed by atoms with E-state index in [1.807, 2.05) is 11.8 Å². The van der Waals surface area contributed by atoms with Gasteiger partial charge in [-0.1, -0.05) is 6.92 Å². The Labute approximate surface area is 109 Å². The molecule has 0 spiro atoms. The third-order valence-electron chi connectivity index (χ3n) is 3.46. The van der Waals surface area contributed by atoms with Gasteiger partial charge in [-0.25, -0.2) is 0 Å². The molecule has 1 aliphatic rings. The summed E-state index contributed by atoms with van der Waals surface area (Å²) in [7, 11) is 0. The van der Waals surface area contributed by atoms with Gasteiger partial charge in [-0.3, -0.25) is 0 Å². The van der Waals surface area contributed by atoms with Crippen molar-refractivity contribution in [1.82, 2.24) is 0 Å². The summed E-state index contributed by atoms with van der Waals surface area (Å²) in [5, 5.41) is 8.74. The standard InChI is InChI=1S/C13H14F3N3/c1-8-6-19(7-12(8)18)10-3-2-9(5-17)11(4-10)13(14,15)16/h2-4,8,12H,6-7,18H2,1H3. The maximum Gasteiger partial charge on any atom is 0.417 e. The molecule has 19 heavy (non-hydrogen) atoms. The van der Waals surface area contributed by atoms with Gasteiger partial charge in [0.1, 0.15) is 0 Å². The highest BCUT2D eigenvalue weighted by Crippen LogP contribution is 2.35. The van der Waals surface area contributed by atoms with E-state index < -0.39 is 11.7 Å². The molecule has 1 fully saturated rings. The summed E-state index contributed by atoms with van der Waals surface area (Å²) < 4.78 is 38.6. The van der Waals surface area contributed by atoms with E-state index in [1.54, 1.807) is 12.1 Å². The third-order valence-corrected chi connectivity index (χ3v) is 3.46. The average Bonchev–Trinajstić information content (AvgIpc) is 2.68. The second-order valence-electron chi connectivity index (χ2n) is 4.89. The van der Waals surface area contributed by atoms with Crippen LogP contribution in [0.5, 0.6) is 0 Å². The van der Waals surface area contributed by atoms with Gasteiger partial charge in [0.2, 0.25) is 0 Å². The van der Waals surface area contributed by atoms with Crippen LogP contribution in [0.25, 0.3) is 0 Å². The zero-order valence-electron chi connectivity index (χ0n) is 10.4. The third kappa shape index (κ3) is 2.66. The Morgan fingerprint density at radius 2 is 2.05 bits per heavy atom. The minimum Gasteiger partial charge on any atom is -0.370 e. The molecule has 0 radical (unpaired) electrons. The van der Waals surface area contributed by atoms with Crippen LogP contribution in [-0.2, 0) is 6.18 Å². The molecule has 2 rings (SSSR count). The fraction of sp³-hybridized carbons (Fsp3) is 0.462. The molecule has 0 aliphatic carbocycles. The van der Waals surface area contributed by atoms with E-state index in [4.69, 9.17) is 11.0 Å². The quantitative estimate of drug-likeness (QED) is 0.851. The predicted molar refractivity (Wildman–Crippen MR) is 65.5 cm³/mol. The topological polar surface area (TPSA) is 53.0 Å². The normalized spacial score (nSPS) is 23.5. The van der Waals surface area contributed by atoms with Crippen LogP contribution in [0.4, 0.5) is 18.9 Å². The smallest absolute Gasteiger partial charge is 0.370 e. The van der Waals surface area contributed by atoms with E-state index in [0.29, 0.717) is 18.8 Å². The van der Waals surface area contributed by atoms with Gasteiger partial charge in [0.25, 0.3) is 0 Å². The predicted octanol–water partition coefficient (Wildman–Crippen LogP) is 2.36. The molecular formula is C13H14F3N3. The van der Waals surface area contributed by atoms with Gasteiger partial charge >= 0.3 is 6.18 Å². The zero-order chi connectivity index (χ0) is 14.2. The van der Waals surface area contributed by atoms with Crippen LogP contribution >= 0.6 is 0 Å². The largest absolute Gasteiger partial charge is 0.417 e. The fourth-order valence-electron chi connectivity index (χ4n) is 2.26. The number of halogens is 3. The maximum absolute atomic E-state index is 12.9. The molecule has 0 saturated carbocycles. The Balaban J connectivity index is 2.37. The van der Waals surface area contributed by atoms with Crippen molar-refractivity contribution in [3.05, 3.63) is 29.3 Å². The molecule has 2 unspecified atom stereocenters. The second kappa shape index (κ2) is 4.74. The highest BCUT2D eigenvalue weighted by Gasteiger charge is 2.35. The van der Waals surface area contributed by atoms with Gasteiger partial charge < -0.3 is 10.6 Å². The molecule has 1 heterocycles. The lowest BCUT2D eigenvalue weighted by atomic mass is 10.1. The number of alkyl halides is 3. The Morgan fingerprint density at radius 1 is 1.37 bits per heavy atom. The van der Waals surface area contributed by atoms with E-state index in [0.717, 1.165) is 6.07 Å². The number of hydrogen-bond donors (Lipinski definition) is 1. The highest BCUT2D eigenvalue weighted by molar-refractivity contribution is 5.55. The van der Waals surface area contributed by atoms with Crippen molar-refractivity contribution in [2.75, 3.05) is 18.0 Å². The van der Waals surface area contributed by atoms with Crippen molar-refractivity contribution in [1.29, 1.82) is 5.26 Å². The lowest BCUT2D eigenvalue weighted by molar-refractivity contribution is -0.137. The number of rotatable bonds is 1. The monoisotopic (exact) mass is 269 g/mol. The minimum atomic E-state index is -4.52. The summed E-state index contributed by atoms with van der Waals surface area (Å²) in [6.07, 6.45) is -4.52. The number of nitrogens with two attached hydrogens (primary N) is 1. The molecular weight excluding hydrogens is 255 g/mol. The molecule has 1 aromatic carbocycles. The van der Waals surface area contributed by atoms with Gasteiger partial charge in [0, 0.05) is 24.8 Å². The van der Waals surface area contributed by atoms with Crippen LogP contribution in [0.15, 0.2) is 18.2 Å². The number of nitrogens with zero attached hydrogens (tertiary/aromatic N) is 2. The number of benzene rings is 1. The molecule has 2 atom stereocenters. The minimum absolute atomic E-state index is 0.0371. The van der Waals surface area contributed by atoms with Gasteiger partial charge in [0.15, 0.2) is 0 Å². The van der Waals surface area contributed by atoms with Crippen LogP contribution in [0, 0.1) is 17.2 Å². The van der Waals surface area contributed by atoms with Crippen molar-refractivity contribution in [3.63, 3.8) is 0 Å². The lowest BCUT2D eigenvalue weighted by Gasteiger charge is -2.20. The van der Waals surface area contributed by atoms with Gasteiger partial charge in [-0.05, 0) is 24.1 Å². The Morgan fingerprint density at radius 3 is 2.53 bits per heavy atom. The summed E-state index contributed by atoms with van der Waals surface area (Å²) in [5.74, 6) is 0.241. The van der Waals surface area contributed by atoms with Crippen LogP contribution in [0.3, 0.4) is 0 Å². The SMILES string of the molecule is CC1CN(c2ccc(C#N)c(C(F)(F)F)c2)CC1N. The first-order chi connectivity index (χ1) is 8.82. The van der Waals surface area contributed by atoms with Crippen molar-refractivity contribution >= 4 is 5.69 Å². The summed E-state index contributed by atoms with van der Waals surface area (Å²) in [5.41, 5.74) is 5.09. The van der Waals surface area contributed by atoms with Gasteiger partial charge in [0.05, 0.1) is 17.2 Å². The Hall–Kier alpha value is -1.74. The fourth-order valence-corrected chi connectivity index (χ4v) is 2.26. The molecule has 0 bridgehead atoms. The summed E-state index contributed by atoms with van der Waals surface area (Å²) in [4.78, 5) is 1.83. The molecule has 1 aliphatic heterocycles. The summed E-state index contributed by atoms with van der Waals surface area (Å²) in [6.45, 7) is 3.13. The van der Waals surface area contributed by atoms with E-state index in [2.05, 4.69) is 0 Å². The van der Waals surface area contributed by atoms with Crippen LogP contribution < -0.4 is 10.6 Å². The molecule has 2 N–H and O–H groups in total. The molecule has 6 heteroatoms. The second-order valence-corrected chi connectivity index (χ2v) is 4.89.